The van der Waals surface area contributed by atoms with Gasteiger partial charge in [0.2, 0.25) is 0 Å². The number of anilines is 1. The Bertz CT molecular complexity index is 850. The van der Waals surface area contributed by atoms with Crippen LogP contribution < -0.4 is 23.3 Å². The van der Waals surface area contributed by atoms with Crippen molar-refractivity contribution in [3.8, 4) is 23.0 Å². The topological polar surface area (TPSA) is 74.3 Å². The highest BCUT2D eigenvalue weighted by molar-refractivity contribution is 7.92. The molecule has 0 aliphatic carbocycles. The number of hydrogen-bond donors (Lipinski definition) is 0. The quantitative estimate of drug-likeness (QED) is 0.749. The second-order valence-corrected chi connectivity index (χ2v) is 6.97. The lowest BCUT2D eigenvalue weighted by molar-refractivity contribution is 0.355. The summed E-state index contributed by atoms with van der Waals surface area (Å²) in [6, 6.07) is 9.41. The molecule has 0 unspecified atom stereocenters. The molecule has 0 aliphatic heterocycles. The minimum atomic E-state index is -3.85. The second-order valence-electron chi connectivity index (χ2n) is 5.03. The molecule has 0 saturated carbocycles. The van der Waals surface area contributed by atoms with Gasteiger partial charge in [-0.05, 0) is 24.3 Å². The maximum Gasteiger partial charge on any atom is 0.267 e. The molecule has 2 aromatic carbocycles. The van der Waals surface area contributed by atoms with Crippen molar-refractivity contribution < 1.29 is 27.4 Å². The molecule has 136 valence electrons. The molecule has 0 fully saturated rings. The Morgan fingerprint density at radius 3 is 1.96 bits per heavy atom. The van der Waals surface area contributed by atoms with Crippen LogP contribution >= 0.6 is 0 Å². The Labute approximate surface area is 147 Å². The Morgan fingerprint density at radius 1 is 0.760 bits per heavy atom. The van der Waals surface area contributed by atoms with Gasteiger partial charge in [-0.15, -0.1) is 0 Å². The summed E-state index contributed by atoms with van der Waals surface area (Å²) in [7, 11) is 3.52. The molecule has 0 N–H and O–H groups in total. The molecule has 0 bridgehead atoms. The van der Waals surface area contributed by atoms with E-state index in [1.54, 1.807) is 24.3 Å². The molecule has 0 amide bonds. The van der Waals surface area contributed by atoms with E-state index in [2.05, 4.69) is 0 Å². The van der Waals surface area contributed by atoms with Crippen LogP contribution in [0.5, 0.6) is 23.0 Å². The monoisotopic (exact) mass is 367 g/mol. The highest BCUT2D eigenvalue weighted by atomic mass is 32.2. The normalized spacial score (nSPS) is 10.9. The molecule has 0 atom stereocenters. The predicted molar refractivity (Wildman–Crippen MR) is 94.7 cm³/mol. The minimum Gasteiger partial charge on any atom is -0.497 e. The standard InChI is InChI=1S/C17H21NO6S/c1-18(12-6-8-14(22-3)15(10-12)23-4)25(19,20)17-9-7-13(21-2)11-16(17)24-5/h6-11H,1-5H3. The zero-order valence-corrected chi connectivity index (χ0v) is 15.6. The van der Waals surface area contributed by atoms with Crippen molar-refractivity contribution in [2.45, 2.75) is 4.90 Å². The minimum absolute atomic E-state index is 0.0353. The summed E-state index contributed by atoms with van der Waals surface area (Å²) in [5.41, 5.74) is 0.426. The van der Waals surface area contributed by atoms with E-state index in [0.29, 0.717) is 22.9 Å². The Kier molecular flexibility index (Phi) is 5.63. The van der Waals surface area contributed by atoms with E-state index in [0.717, 1.165) is 4.31 Å². The van der Waals surface area contributed by atoms with Crippen LogP contribution in [0.25, 0.3) is 0 Å². The number of rotatable bonds is 7. The van der Waals surface area contributed by atoms with Gasteiger partial charge in [0.1, 0.15) is 16.4 Å². The van der Waals surface area contributed by atoms with E-state index in [1.807, 2.05) is 0 Å². The molecule has 25 heavy (non-hydrogen) atoms. The zero-order chi connectivity index (χ0) is 18.6. The molecule has 0 aliphatic rings. The highest BCUT2D eigenvalue weighted by Crippen LogP contribution is 2.35. The van der Waals surface area contributed by atoms with Gasteiger partial charge in [0.05, 0.1) is 34.1 Å². The smallest absolute Gasteiger partial charge is 0.267 e. The predicted octanol–water partition coefficient (Wildman–Crippen LogP) is 2.55. The molecule has 8 heteroatoms. The highest BCUT2D eigenvalue weighted by Gasteiger charge is 2.26. The van der Waals surface area contributed by atoms with Crippen LogP contribution in [0.3, 0.4) is 0 Å². The van der Waals surface area contributed by atoms with E-state index in [9.17, 15) is 8.42 Å². The van der Waals surface area contributed by atoms with Gasteiger partial charge in [-0.3, -0.25) is 4.31 Å². The lowest BCUT2D eigenvalue weighted by Crippen LogP contribution is -2.27. The summed E-state index contributed by atoms with van der Waals surface area (Å²) >= 11 is 0. The van der Waals surface area contributed by atoms with E-state index in [4.69, 9.17) is 18.9 Å². The Hall–Kier alpha value is -2.61. The van der Waals surface area contributed by atoms with Crippen LogP contribution in [0.2, 0.25) is 0 Å². The zero-order valence-electron chi connectivity index (χ0n) is 14.8. The average molecular weight is 367 g/mol. The van der Waals surface area contributed by atoms with Crippen LogP contribution in [0, 0.1) is 0 Å². The van der Waals surface area contributed by atoms with Gasteiger partial charge in [0.25, 0.3) is 10.0 Å². The Balaban J connectivity index is 2.49. The number of benzene rings is 2. The van der Waals surface area contributed by atoms with Gasteiger partial charge in [0.15, 0.2) is 11.5 Å². The summed E-state index contributed by atoms with van der Waals surface area (Å²) in [6.45, 7) is 0. The van der Waals surface area contributed by atoms with Crippen molar-refractivity contribution in [2.75, 3.05) is 39.8 Å². The van der Waals surface area contributed by atoms with Gasteiger partial charge in [-0.1, -0.05) is 0 Å². The lowest BCUT2D eigenvalue weighted by atomic mass is 10.3. The molecule has 2 aromatic rings. The fraction of sp³-hybridized carbons (Fsp3) is 0.294. The molecule has 2 rings (SSSR count). The molecule has 0 heterocycles. The van der Waals surface area contributed by atoms with Crippen molar-refractivity contribution in [1.29, 1.82) is 0 Å². The van der Waals surface area contributed by atoms with Crippen molar-refractivity contribution in [1.82, 2.24) is 0 Å². The van der Waals surface area contributed by atoms with Crippen LogP contribution in [0.15, 0.2) is 41.3 Å². The van der Waals surface area contributed by atoms with Crippen LogP contribution in [-0.4, -0.2) is 43.9 Å². The van der Waals surface area contributed by atoms with Crippen molar-refractivity contribution >= 4 is 15.7 Å². The van der Waals surface area contributed by atoms with Crippen LogP contribution in [0.4, 0.5) is 5.69 Å². The van der Waals surface area contributed by atoms with E-state index < -0.39 is 10.0 Å². The van der Waals surface area contributed by atoms with E-state index in [-0.39, 0.29) is 10.6 Å². The first-order valence-electron chi connectivity index (χ1n) is 7.32. The van der Waals surface area contributed by atoms with Crippen molar-refractivity contribution in [3.63, 3.8) is 0 Å². The third-order valence-electron chi connectivity index (χ3n) is 3.74. The maximum atomic E-state index is 13.0. The van der Waals surface area contributed by atoms with Crippen LogP contribution in [-0.2, 0) is 10.0 Å². The fourth-order valence-corrected chi connectivity index (χ4v) is 3.62. The molecule has 0 radical (unpaired) electrons. The summed E-state index contributed by atoms with van der Waals surface area (Å²) in [6.07, 6.45) is 0. The fourth-order valence-electron chi connectivity index (χ4n) is 2.30. The van der Waals surface area contributed by atoms with E-state index in [1.165, 1.54) is 47.6 Å². The van der Waals surface area contributed by atoms with Crippen LogP contribution in [0.1, 0.15) is 0 Å². The number of hydrogen-bond acceptors (Lipinski definition) is 6. The molecule has 7 nitrogen and oxygen atoms in total. The second kappa shape index (κ2) is 7.52. The number of methoxy groups -OCH3 is 4. The largest absolute Gasteiger partial charge is 0.497 e. The summed E-state index contributed by atoms with van der Waals surface area (Å²) < 4.78 is 47.9. The lowest BCUT2D eigenvalue weighted by Gasteiger charge is -2.22. The molecule has 0 spiro atoms. The maximum absolute atomic E-state index is 13.0. The molecule has 0 saturated heterocycles. The first kappa shape index (κ1) is 18.7. The summed E-state index contributed by atoms with van der Waals surface area (Å²) in [5.74, 6) is 1.65. The molecular formula is C17H21NO6S. The first-order valence-corrected chi connectivity index (χ1v) is 8.76. The number of sulfonamides is 1. The van der Waals surface area contributed by atoms with Gasteiger partial charge >= 0.3 is 0 Å². The van der Waals surface area contributed by atoms with Crippen molar-refractivity contribution in [3.05, 3.63) is 36.4 Å². The number of nitrogens with zero attached hydrogens (tertiary/aromatic N) is 1. The first-order chi connectivity index (χ1) is 11.9. The van der Waals surface area contributed by atoms with Gasteiger partial charge < -0.3 is 18.9 Å². The Morgan fingerprint density at radius 2 is 1.40 bits per heavy atom. The third-order valence-corrected chi connectivity index (χ3v) is 5.56. The van der Waals surface area contributed by atoms with Gasteiger partial charge in [-0.2, -0.15) is 0 Å². The summed E-state index contributed by atoms with van der Waals surface area (Å²) in [4.78, 5) is 0.0353. The van der Waals surface area contributed by atoms with Crippen molar-refractivity contribution in [2.24, 2.45) is 0 Å². The van der Waals surface area contributed by atoms with Gasteiger partial charge in [0, 0.05) is 19.2 Å². The third kappa shape index (κ3) is 3.58. The molecule has 0 aromatic heterocycles. The average Bonchev–Trinajstić information content (AvgIpc) is 2.65. The number of ether oxygens (including phenoxy) is 4. The van der Waals surface area contributed by atoms with E-state index >= 15 is 0 Å². The summed E-state index contributed by atoms with van der Waals surface area (Å²) in [5, 5.41) is 0. The molecular weight excluding hydrogens is 346 g/mol. The SMILES string of the molecule is COc1ccc(S(=O)(=O)N(C)c2ccc(OC)c(OC)c2)c(OC)c1. The van der Waals surface area contributed by atoms with Gasteiger partial charge in [-0.25, -0.2) is 8.42 Å².